The van der Waals surface area contributed by atoms with E-state index in [9.17, 15) is 0 Å². The second-order valence-electron chi connectivity index (χ2n) is 3.61. The summed E-state index contributed by atoms with van der Waals surface area (Å²) in [7, 11) is 0. The molecule has 0 heterocycles. The summed E-state index contributed by atoms with van der Waals surface area (Å²) >= 11 is 0. The van der Waals surface area contributed by atoms with Crippen molar-refractivity contribution < 1.29 is 0 Å². The van der Waals surface area contributed by atoms with Gasteiger partial charge in [-0.25, -0.2) is 0 Å². The van der Waals surface area contributed by atoms with E-state index < -0.39 is 0 Å². The summed E-state index contributed by atoms with van der Waals surface area (Å²) in [5.41, 5.74) is 3.20. The molecule has 1 saturated carbocycles. The van der Waals surface area contributed by atoms with Gasteiger partial charge < -0.3 is 0 Å². The molecule has 10 heavy (non-hydrogen) atoms. The third kappa shape index (κ3) is 0.681. The number of fused-ring (bicyclic) bond motifs is 1. The van der Waals surface area contributed by atoms with Gasteiger partial charge in [0.25, 0.3) is 0 Å². The van der Waals surface area contributed by atoms with Crippen molar-refractivity contribution in [3.63, 3.8) is 0 Å². The molecule has 0 aromatic carbocycles. The maximum Gasteiger partial charge on any atom is -0.0137 e. The van der Waals surface area contributed by atoms with Gasteiger partial charge in [-0.1, -0.05) is 23.3 Å². The van der Waals surface area contributed by atoms with Crippen LogP contribution in [-0.4, -0.2) is 0 Å². The summed E-state index contributed by atoms with van der Waals surface area (Å²) < 4.78 is 0. The largest absolute Gasteiger partial charge is 0.0696 e. The fourth-order valence-electron chi connectivity index (χ4n) is 2.10. The van der Waals surface area contributed by atoms with Crippen LogP contribution in [0, 0.1) is 11.8 Å². The third-order valence-electron chi connectivity index (χ3n) is 3.05. The monoisotopic (exact) mass is 134 g/mol. The molecule has 2 atom stereocenters. The molecule has 0 nitrogen and oxygen atoms in total. The molecule has 1 fully saturated rings. The van der Waals surface area contributed by atoms with Gasteiger partial charge in [0.2, 0.25) is 0 Å². The maximum atomic E-state index is 2.29. The Labute approximate surface area is 62.6 Å². The minimum Gasteiger partial charge on any atom is -0.0696 e. The van der Waals surface area contributed by atoms with Crippen LogP contribution in [0.2, 0.25) is 0 Å². The molecule has 2 rings (SSSR count). The van der Waals surface area contributed by atoms with Crippen molar-refractivity contribution in [2.45, 2.75) is 26.7 Å². The molecule has 0 aromatic heterocycles. The molecule has 2 unspecified atom stereocenters. The summed E-state index contributed by atoms with van der Waals surface area (Å²) in [4.78, 5) is 0. The molecule has 54 valence electrons. The van der Waals surface area contributed by atoms with Crippen LogP contribution in [0.15, 0.2) is 23.3 Å². The van der Waals surface area contributed by atoms with E-state index in [1.165, 1.54) is 12.8 Å². The lowest BCUT2D eigenvalue weighted by atomic mass is 9.65. The molecule has 2 aliphatic carbocycles. The van der Waals surface area contributed by atoms with Crippen LogP contribution in [0.5, 0.6) is 0 Å². The van der Waals surface area contributed by atoms with E-state index in [0.717, 1.165) is 11.8 Å². The normalized spacial score (nSPS) is 37.4. The molecule has 2 aliphatic rings. The highest BCUT2D eigenvalue weighted by molar-refractivity contribution is 5.29. The highest BCUT2D eigenvalue weighted by atomic mass is 14.4. The third-order valence-corrected chi connectivity index (χ3v) is 3.05. The van der Waals surface area contributed by atoms with Gasteiger partial charge >= 0.3 is 0 Å². The van der Waals surface area contributed by atoms with Crippen molar-refractivity contribution in [1.82, 2.24) is 0 Å². The van der Waals surface area contributed by atoms with Crippen LogP contribution in [-0.2, 0) is 0 Å². The molecular weight excluding hydrogens is 120 g/mol. The summed E-state index contributed by atoms with van der Waals surface area (Å²) in [6.07, 6.45) is 7.43. The summed E-state index contributed by atoms with van der Waals surface area (Å²) in [5.74, 6) is 1.84. The molecule has 0 N–H and O–H groups in total. The molecule has 0 aliphatic heterocycles. The Balaban J connectivity index is 2.28. The van der Waals surface area contributed by atoms with Crippen LogP contribution in [0.4, 0.5) is 0 Å². The lowest BCUT2D eigenvalue weighted by Gasteiger charge is -2.40. The van der Waals surface area contributed by atoms with E-state index in [0.29, 0.717) is 0 Å². The lowest BCUT2D eigenvalue weighted by molar-refractivity contribution is 0.251. The van der Waals surface area contributed by atoms with Crippen LogP contribution in [0.1, 0.15) is 26.7 Å². The summed E-state index contributed by atoms with van der Waals surface area (Å²) in [6.45, 7) is 4.53. The highest BCUT2D eigenvalue weighted by Gasteiger charge is 2.34. The number of allylic oxidation sites excluding steroid dienone is 4. The molecule has 0 saturated heterocycles. The average Bonchev–Trinajstić information content (AvgIpc) is 1.78. The predicted molar refractivity (Wildman–Crippen MR) is 43.7 cm³/mol. The first-order chi connectivity index (χ1) is 4.79. The first-order valence-corrected chi connectivity index (χ1v) is 4.14. The van der Waals surface area contributed by atoms with Gasteiger partial charge in [0.1, 0.15) is 0 Å². The highest BCUT2D eigenvalue weighted by Crippen LogP contribution is 2.45. The maximum absolute atomic E-state index is 2.29. The Morgan fingerprint density at radius 1 is 1.00 bits per heavy atom. The predicted octanol–water partition coefficient (Wildman–Crippen LogP) is 2.92. The van der Waals surface area contributed by atoms with E-state index in [4.69, 9.17) is 0 Å². The van der Waals surface area contributed by atoms with Gasteiger partial charge in [-0.3, -0.25) is 0 Å². The van der Waals surface area contributed by atoms with Crippen LogP contribution >= 0.6 is 0 Å². The second-order valence-corrected chi connectivity index (χ2v) is 3.61. The fourth-order valence-corrected chi connectivity index (χ4v) is 2.10. The van der Waals surface area contributed by atoms with Gasteiger partial charge in [-0.05, 0) is 38.5 Å². The second kappa shape index (κ2) is 1.98. The van der Waals surface area contributed by atoms with Crippen molar-refractivity contribution in [3.8, 4) is 0 Å². The van der Waals surface area contributed by atoms with Gasteiger partial charge in [-0.15, -0.1) is 0 Å². The van der Waals surface area contributed by atoms with Crippen molar-refractivity contribution in [3.05, 3.63) is 23.3 Å². The zero-order chi connectivity index (χ0) is 7.14. The number of hydrogen-bond donors (Lipinski definition) is 0. The van der Waals surface area contributed by atoms with Gasteiger partial charge in [-0.2, -0.15) is 0 Å². The Morgan fingerprint density at radius 3 is 1.70 bits per heavy atom. The van der Waals surface area contributed by atoms with Crippen molar-refractivity contribution in [2.24, 2.45) is 11.8 Å². The minimum atomic E-state index is 0.921. The Hall–Kier alpha value is -0.520. The van der Waals surface area contributed by atoms with Crippen molar-refractivity contribution in [2.75, 3.05) is 0 Å². The summed E-state index contributed by atoms with van der Waals surface area (Å²) in [5, 5.41) is 0. The molecule has 0 aromatic rings. The zero-order valence-corrected chi connectivity index (χ0v) is 6.72. The van der Waals surface area contributed by atoms with Gasteiger partial charge in [0, 0.05) is 0 Å². The molecular formula is C10H14. The Kier molecular flexibility index (Phi) is 1.23. The van der Waals surface area contributed by atoms with Crippen LogP contribution in [0.25, 0.3) is 0 Å². The Bertz CT molecular complexity index is 184. The topological polar surface area (TPSA) is 0 Å². The zero-order valence-electron chi connectivity index (χ0n) is 6.72. The van der Waals surface area contributed by atoms with Crippen LogP contribution < -0.4 is 0 Å². The van der Waals surface area contributed by atoms with Crippen molar-refractivity contribution in [1.29, 1.82) is 0 Å². The van der Waals surface area contributed by atoms with Crippen LogP contribution in [0.3, 0.4) is 0 Å². The number of hydrogen-bond acceptors (Lipinski definition) is 0. The first kappa shape index (κ1) is 6.21. The average molecular weight is 134 g/mol. The fraction of sp³-hybridized carbons (Fsp3) is 0.600. The van der Waals surface area contributed by atoms with E-state index >= 15 is 0 Å². The van der Waals surface area contributed by atoms with E-state index in [2.05, 4.69) is 26.0 Å². The minimum absolute atomic E-state index is 0.921. The van der Waals surface area contributed by atoms with Gasteiger partial charge in [0.05, 0.1) is 0 Å². The number of rotatable bonds is 0. The molecule has 0 radical (unpaired) electrons. The smallest absolute Gasteiger partial charge is 0.0137 e. The molecule has 0 amide bonds. The summed E-state index contributed by atoms with van der Waals surface area (Å²) in [6, 6.07) is 0. The molecule has 0 heteroatoms. The molecule has 0 bridgehead atoms. The lowest BCUT2D eigenvalue weighted by Crippen LogP contribution is -2.29. The first-order valence-electron chi connectivity index (χ1n) is 4.14. The Morgan fingerprint density at radius 2 is 1.40 bits per heavy atom. The van der Waals surface area contributed by atoms with Gasteiger partial charge in [0.15, 0.2) is 0 Å². The SMILES string of the molecule is CC1=CC=C(C)C2CCC12. The standard InChI is InChI=1S/C10H14/c1-7-3-4-8(2)10-6-5-9(7)10/h3-4,9-10H,5-6H2,1-2H3. The quantitative estimate of drug-likeness (QED) is 0.478. The van der Waals surface area contributed by atoms with E-state index in [-0.39, 0.29) is 0 Å². The van der Waals surface area contributed by atoms with E-state index in [1.54, 1.807) is 11.1 Å². The van der Waals surface area contributed by atoms with Crippen molar-refractivity contribution >= 4 is 0 Å². The molecule has 0 spiro atoms. The van der Waals surface area contributed by atoms with E-state index in [1.807, 2.05) is 0 Å².